The summed E-state index contributed by atoms with van der Waals surface area (Å²) in [6.45, 7) is -0.121. The summed E-state index contributed by atoms with van der Waals surface area (Å²) in [5, 5.41) is 22.9. The monoisotopic (exact) mass is 316 g/mol. The van der Waals surface area contributed by atoms with E-state index in [1.807, 2.05) is 0 Å². The van der Waals surface area contributed by atoms with Gasteiger partial charge in [-0.3, -0.25) is 0 Å². The molecule has 0 aliphatic heterocycles. The molecular weight excluding hydrogens is 299 g/mol. The number of nitrogens with zero attached hydrogens (tertiary/aromatic N) is 4. The van der Waals surface area contributed by atoms with E-state index in [0.29, 0.717) is 22.7 Å². The second kappa shape index (κ2) is 6.31. The smallest absolute Gasteiger partial charge is 0.157 e. The zero-order valence-corrected chi connectivity index (χ0v) is 12.6. The van der Waals surface area contributed by atoms with Gasteiger partial charge in [0.05, 0.1) is 24.6 Å². The summed E-state index contributed by atoms with van der Waals surface area (Å²) in [4.78, 5) is 6.17. The van der Waals surface area contributed by atoms with Crippen molar-refractivity contribution in [1.29, 1.82) is 0 Å². The minimum Gasteiger partial charge on any atom is -0.394 e. The molecule has 0 aliphatic carbocycles. The largest absolute Gasteiger partial charge is 0.394 e. The fraction of sp³-hybridized carbons (Fsp3) is 0.250. The molecule has 1 aromatic carbocycles. The third-order valence-electron chi connectivity index (χ3n) is 3.58. The molecule has 2 aromatic heterocycles. The Morgan fingerprint density at radius 1 is 1.30 bits per heavy atom. The van der Waals surface area contributed by atoms with Crippen molar-refractivity contribution < 1.29 is 14.6 Å². The highest BCUT2D eigenvalue weighted by molar-refractivity contribution is 5.67. The van der Waals surface area contributed by atoms with Gasteiger partial charge in [-0.05, 0) is 12.1 Å². The molecule has 0 fully saturated rings. The Morgan fingerprint density at radius 2 is 2.09 bits per heavy atom. The molecule has 7 heteroatoms. The summed E-state index contributed by atoms with van der Waals surface area (Å²) < 4.78 is 15.7. The number of aliphatic hydroxyl groups is 2. The van der Waals surface area contributed by atoms with Crippen LogP contribution in [0.15, 0.2) is 42.6 Å². The first kappa shape index (κ1) is 15.4. The van der Waals surface area contributed by atoms with Crippen LogP contribution in [-0.4, -0.2) is 51.1 Å². The molecule has 0 spiro atoms. The third-order valence-corrected chi connectivity index (χ3v) is 3.58. The lowest BCUT2D eigenvalue weighted by molar-refractivity contribution is 0.101. The Kier molecular flexibility index (Phi) is 4.22. The molecule has 0 aliphatic rings. The van der Waals surface area contributed by atoms with Crippen molar-refractivity contribution in [3.8, 4) is 11.3 Å². The van der Waals surface area contributed by atoms with Crippen LogP contribution in [-0.2, 0) is 0 Å². The first-order valence-electron chi connectivity index (χ1n) is 7.20. The van der Waals surface area contributed by atoms with Crippen LogP contribution < -0.4 is 4.90 Å². The molecule has 2 heterocycles. The predicted molar refractivity (Wildman–Crippen MR) is 84.7 cm³/mol. The molecule has 2 N–H and O–H groups in total. The lowest BCUT2D eigenvalue weighted by Crippen LogP contribution is -2.32. The minimum atomic E-state index is -0.879. The van der Waals surface area contributed by atoms with E-state index in [2.05, 4.69) is 10.1 Å². The number of benzene rings is 1. The molecule has 23 heavy (non-hydrogen) atoms. The molecule has 0 unspecified atom stereocenters. The fourth-order valence-corrected chi connectivity index (χ4v) is 2.44. The summed E-state index contributed by atoms with van der Waals surface area (Å²) in [5.74, 6) is 0.290. The van der Waals surface area contributed by atoms with E-state index in [1.54, 1.807) is 53.0 Å². The highest BCUT2D eigenvalue weighted by Crippen LogP contribution is 2.25. The number of fused-ring (bicyclic) bond motifs is 1. The molecule has 0 saturated carbocycles. The number of hydrogen-bond donors (Lipinski definition) is 2. The van der Waals surface area contributed by atoms with Gasteiger partial charge in [-0.2, -0.15) is 9.61 Å². The van der Waals surface area contributed by atoms with E-state index < -0.39 is 6.10 Å². The molecule has 0 bridgehead atoms. The Labute approximate surface area is 132 Å². The van der Waals surface area contributed by atoms with Crippen LogP contribution in [0.4, 0.5) is 10.2 Å². The zero-order valence-electron chi connectivity index (χ0n) is 12.6. The SMILES string of the molecule is CN(C[C@H](O)CO)c1cc(-c2ccccc2F)nc2ccnn12. The zero-order chi connectivity index (χ0) is 16.4. The Morgan fingerprint density at radius 3 is 2.83 bits per heavy atom. The Hall–Kier alpha value is -2.51. The van der Waals surface area contributed by atoms with Crippen LogP contribution in [0.25, 0.3) is 16.9 Å². The number of likely N-dealkylation sites (N-methyl/N-ethyl adjacent to an activating group) is 1. The highest BCUT2D eigenvalue weighted by atomic mass is 19.1. The first-order chi connectivity index (χ1) is 11.1. The van der Waals surface area contributed by atoms with Crippen LogP contribution in [0, 0.1) is 5.82 Å². The van der Waals surface area contributed by atoms with E-state index >= 15 is 0 Å². The summed E-state index contributed by atoms with van der Waals surface area (Å²) in [6, 6.07) is 9.86. The Balaban J connectivity index is 2.10. The number of aromatic nitrogens is 3. The molecular formula is C16H17FN4O2. The molecule has 0 amide bonds. The first-order valence-corrected chi connectivity index (χ1v) is 7.20. The predicted octanol–water partition coefficient (Wildman–Crippen LogP) is 1.32. The van der Waals surface area contributed by atoms with Crippen molar-refractivity contribution >= 4 is 11.5 Å². The van der Waals surface area contributed by atoms with Crippen LogP contribution in [0.2, 0.25) is 0 Å². The average molecular weight is 316 g/mol. The minimum absolute atomic E-state index is 0.214. The van der Waals surface area contributed by atoms with Crippen molar-refractivity contribution in [2.24, 2.45) is 0 Å². The molecule has 3 aromatic rings. The molecule has 6 nitrogen and oxygen atoms in total. The third kappa shape index (κ3) is 3.01. The maximum Gasteiger partial charge on any atom is 0.157 e. The second-order valence-electron chi connectivity index (χ2n) is 5.30. The number of hydrogen-bond acceptors (Lipinski definition) is 5. The lowest BCUT2D eigenvalue weighted by Gasteiger charge is -2.22. The van der Waals surface area contributed by atoms with Crippen LogP contribution in [0.1, 0.15) is 0 Å². The van der Waals surface area contributed by atoms with Crippen molar-refractivity contribution in [3.63, 3.8) is 0 Å². The van der Waals surface area contributed by atoms with Crippen molar-refractivity contribution in [3.05, 3.63) is 48.4 Å². The standard InChI is InChI=1S/C16H17FN4O2/c1-20(9-11(23)10-22)16-8-14(12-4-2-3-5-13(12)17)19-15-6-7-18-21(15)16/h2-8,11,22-23H,9-10H2,1H3/t11-/m0/s1. The Bertz CT molecular complexity index is 821. The number of aliphatic hydroxyl groups excluding tert-OH is 2. The molecule has 120 valence electrons. The van der Waals surface area contributed by atoms with Crippen LogP contribution >= 0.6 is 0 Å². The molecule has 0 saturated heterocycles. The van der Waals surface area contributed by atoms with Gasteiger partial charge in [0, 0.05) is 31.3 Å². The molecule has 0 radical (unpaired) electrons. The van der Waals surface area contributed by atoms with Gasteiger partial charge in [-0.25, -0.2) is 9.37 Å². The van der Waals surface area contributed by atoms with E-state index in [0.717, 1.165) is 0 Å². The van der Waals surface area contributed by atoms with Gasteiger partial charge >= 0.3 is 0 Å². The van der Waals surface area contributed by atoms with Gasteiger partial charge in [0.25, 0.3) is 0 Å². The molecule has 3 rings (SSSR count). The van der Waals surface area contributed by atoms with Gasteiger partial charge < -0.3 is 15.1 Å². The van der Waals surface area contributed by atoms with E-state index in [4.69, 9.17) is 5.11 Å². The van der Waals surface area contributed by atoms with E-state index in [9.17, 15) is 9.50 Å². The summed E-state index contributed by atoms with van der Waals surface area (Å²) in [5.41, 5.74) is 1.45. The van der Waals surface area contributed by atoms with Gasteiger partial charge in [-0.15, -0.1) is 0 Å². The van der Waals surface area contributed by atoms with Gasteiger partial charge in [0.2, 0.25) is 0 Å². The van der Waals surface area contributed by atoms with Gasteiger partial charge in [0.1, 0.15) is 11.6 Å². The number of halogens is 1. The van der Waals surface area contributed by atoms with Crippen LogP contribution in [0.3, 0.4) is 0 Å². The van der Waals surface area contributed by atoms with E-state index in [-0.39, 0.29) is 19.0 Å². The number of rotatable bonds is 5. The lowest BCUT2D eigenvalue weighted by atomic mass is 10.1. The summed E-state index contributed by atoms with van der Waals surface area (Å²) in [6.07, 6.45) is 0.725. The maximum atomic E-state index is 14.0. The topological polar surface area (TPSA) is 73.9 Å². The average Bonchev–Trinajstić information content (AvgIpc) is 3.02. The number of anilines is 1. The quantitative estimate of drug-likeness (QED) is 0.743. The maximum absolute atomic E-state index is 14.0. The molecule has 1 atom stereocenters. The van der Waals surface area contributed by atoms with Crippen molar-refractivity contribution in [1.82, 2.24) is 14.6 Å². The summed E-state index contributed by atoms with van der Waals surface area (Å²) in [7, 11) is 1.76. The summed E-state index contributed by atoms with van der Waals surface area (Å²) >= 11 is 0. The van der Waals surface area contributed by atoms with Crippen molar-refractivity contribution in [2.75, 3.05) is 25.1 Å². The second-order valence-corrected chi connectivity index (χ2v) is 5.30. The van der Waals surface area contributed by atoms with Crippen molar-refractivity contribution in [2.45, 2.75) is 6.10 Å². The fourth-order valence-electron chi connectivity index (χ4n) is 2.44. The van der Waals surface area contributed by atoms with Crippen LogP contribution in [0.5, 0.6) is 0 Å². The van der Waals surface area contributed by atoms with Gasteiger partial charge in [0.15, 0.2) is 5.65 Å². The highest BCUT2D eigenvalue weighted by Gasteiger charge is 2.15. The normalized spacial score (nSPS) is 12.5. The van der Waals surface area contributed by atoms with Gasteiger partial charge in [-0.1, -0.05) is 12.1 Å². The van der Waals surface area contributed by atoms with E-state index in [1.165, 1.54) is 6.07 Å².